The minimum Gasteiger partial charge on any atom is -0.392 e. The third-order valence-corrected chi connectivity index (χ3v) is 3.70. The highest BCUT2D eigenvalue weighted by Gasteiger charge is 2.25. The fraction of sp³-hybridized carbons (Fsp3) is 0.714. The maximum absolute atomic E-state index is 5.42. The maximum atomic E-state index is 5.42. The van der Waals surface area contributed by atoms with Crippen molar-refractivity contribution in [2.45, 2.75) is 20.4 Å². The minimum atomic E-state index is -1.96. The molecule has 0 saturated carbocycles. The van der Waals surface area contributed by atoms with E-state index in [-0.39, 0.29) is 11.0 Å². The molecule has 0 bridgehead atoms. The lowest BCUT2D eigenvalue weighted by molar-refractivity contribution is 0.201. The lowest BCUT2D eigenvalue weighted by Gasteiger charge is -2.21. The molecule has 2 nitrogen and oxygen atoms in total. The second-order valence-electron chi connectivity index (χ2n) is 2.09. The van der Waals surface area contributed by atoms with E-state index in [9.17, 15) is 0 Å². The zero-order valence-electron chi connectivity index (χ0n) is 7.02. The van der Waals surface area contributed by atoms with Crippen LogP contribution in [0.4, 0.5) is 0 Å². The summed E-state index contributed by atoms with van der Waals surface area (Å²) < 4.78 is 10.8. The van der Waals surface area contributed by atoms with Crippen LogP contribution in [0.1, 0.15) is 13.8 Å². The minimum absolute atomic E-state index is 0. The van der Waals surface area contributed by atoms with Crippen LogP contribution in [0.25, 0.3) is 0 Å². The van der Waals surface area contributed by atoms with Gasteiger partial charge in [0, 0.05) is 13.2 Å². The normalized spacial score (nSPS) is 10.5. The molecule has 0 aliphatic rings. The lowest BCUT2D eigenvalue weighted by atomic mass is 10.9. The topological polar surface area (TPSA) is 18.5 Å². The number of rotatable bonds is 5. The SMILES string of the molecule is C=C[Si](C)(OCC)OCC.[SiH4]. The summed E-state index contributed by atoms with van der Waals surface area (Å²) in [5.41, 5.74) is 1.81. The van der Waals surface area contributed by atoms with Gasteiger partial charge in [-0.3, -0.25) is 0 Å². The summed E-state index contributed by atoms with van der Waals surface area (Å²) in [4.78, 5) is 0. The van der Waals surface area contributed by atoms with Gasteiger partial charge in [-0.15, -0.1) is 6.58 Å². The van der Waals surface area contributed by atoms with E-state index in [2.05, 4.69) is 6.58 Å². The van der Waals surface area contributed by atoms with E-state index in [1.54, 1.807) is 5.70 Å². The predicted molar refractivity (Wildman–Crippen MR) is 56.4 cm³/mol. The first kappa shape index (κ1) is 13.7. The molecule has 4 heteroatoms. The van der Waals surface area contributed by atoms with Crippen molar-refractivity contribution >= 4 is 19.5 Å². The first-order chi connectivity index (χ1) is 4.68. The quantitative estimate of drug-likeness (QED) is 0.587. The Morgan fingerprint density at radius 1 is 1.27 bits per heavy atom. The van der Waals surface area contributed by atoms with Gasteiger partial charge in [0.25, 0.3) is 0 Å². The van der Waals surface area contributed by atoms with Crippen LogP contribution in [0.15, 0.2) is 12.3 Å². The Bertz CT molecular complexity index is 101. The average molecular weight is 192 g/mol. The van der Waals surface area contributed by atoms with Gasteiger partial charge in [-0.05, 0) is 37.1 Å². The van der Waals surface area contributed by atoms with Gasteiger partial charge in [-0.2, -0.15) is 0 Å². The van der Waals surface area contributed by atoms with E-state index in [1.807, 2.05) is 20.4 Å². The monoisotopic (exact) mass is 192 g/mol. The van der Waals surface area contributed by atoms with E-state index >= 15 is 0 Å². The van der Waals surface area contributed by atoms with Crippen molar-refractivity contribution in [3.05, 3.63) is 12.3 Å². The molecule has 0 aliphatic carbocycles. The third kappa shape index (κ3) is 5.37. The van der Waals surface area contributed by atoms with Crippen molar-refractivity contribution in [3.8, 4) is 0 Å². The molecule has 0 N–H and O–H groups in total. The molecule has 0 aromatic heterocycles. The molecule has 0 aromatic rings. The summed E-state index contributed by atoms with van der Waals surface area (Å²) in [5, 5.41) is 0. The van der Waals surface area contributed by atoms with E-state index in [0.29, 0.717) is 13.2 Å². The molecule has 0 saturated heterocycles. The zero-order chi connectivity index (χ0) is 8.04. The second-order valence-corrected chi connectivity index (χ2v) is 5.10. The summed E-state index contributed by atoms with van der Waals surface area (Å²) in [6, 6.07) is 0. The van der Waals surface area contributed by atoms with Crippen LogP contribution < -0.4 is 0 Å². The molecule has 0 atom stereocenters. The molecule has 68 valence electrons. The predicted octanol–water partition coefficient (Wildman–Crippen LogP) is 0.405. The van der Waals surface area contributed by atoms with E-state index in [4.69, 9.17) is 8.85 Å². The summed E-state index contributed by atoms with van der Waals surface area (Å²) >= 11 is 0. The summed E-state index contributed by atoms with van der Waals surface area (Å²) in [7, 11) is -1.96. The van der Waals surface area contributed by atoms with E-state index in [0.717, 1.165) is 0 Å². The molecule has 0 aliphatic heterocycles. The Morgan fingerprint density at radius 2 is 1.64 bits per heavy atom. The summed E-state index contributed by atoms with van der Waals surface area (Å²) in [5.74, 6) is 0. The molecule has 0 amide bonds. The van der Waals surface area contributed by atoms with E-state index < -0.39 is 8.56 Å². The Morgan fingerprint density at radius 3 is 1.82 bits per heavy atom. The van der Waals surface area contributed by atoms with Crippen molar-refractivity contribution < 1.29 is 8.85 Å². The van der Waals surface area contributed by atoms with Gasteiger partial charge >= 0.3 is 8.56 Å². The van der Waals surface area contributed by atoms with Gasteiger partial charge in [0.05, 0.1) is 0 Å². The van der Waals surface area contributed by atoms with Crippen molar-refractivity contribution in [2.75, 3.05) is 13.2 Å². The van der Waals surface area contributed by atoms with Gasteiger partial charge in [-0.1, -0.05) is 0 Å². The van der Waals surface area contributed by atoms with Crippen LogP contribution in [0.5, 0.6) is 0 Å². The Balaban J connectivity index is 0. The molecule has 0 aromatic carbocycles. The van der Waals surface area contributed by atoms with Crippen molar-refractivity contribution in [1.82, 2.24) is 0 Å². The average Bonchev–Trinajstić information content (AvgIpc) is 1.89. The Labute approximate surface area is 74.9 Å². The Kier molecular flexibility index (Phi) is 8.43. The van der Waals surface area contributed by atoms with Gasteiger partial charge in [0.2, 0.25) is 0 Å². The number of hydrogen-bond acceptors (Lipinski definition) is 2. The van der Waals surface area contributed by atoms with Crippen LogP contribution >= 0.6 is 0 Å². The molecule has 0 fully saturated rings. The molecular weight excluding hydrogens is 172 g/mol. The van der Waals surface area contributed by atoms with Crippen LogP contribution in [0, 0.1) is 0 Å². The van der Waals surface area contributed by atoms with Gasteiger partial charge < -0.3 is 8.85 Å². The van der Waals surface area contributed by atoms with Crippen LogP contribution in [-0.4, -0.2) is 32.7 Å². The summed E-state index contributed by atoms with van der Waals surface area (Å²) in [6.07, 6.45) is 0. The molecule has 0 unspecified atom stereocenters. The second kappa shape index (κ2) is 6.78. The standard InChI is InChI=1S/C7H16O2Si.H4Si/c1-5-8-10(4,7-3)9-6-2;/h7H,3,5-6H2,1-2,4H3;1H4. The third-order valence-electron chi connectivity index (χ3n) is 1.23. The van der Waals surface area contributed by atoms with Crippen molar-refractivity contribution in [2.24, 2.45) is 0 Å². The van der Waals surface area contributed by atoms with Gasteiger partial charge in [0.1, 0.15) is 0 Å². The zero-order valence-corrected chi connectivity index (χ0v) is 8.02. The van der Waals surface area contributed by atoms with Crippen molar-refractivity contribution in [1.29, 1.82) is 0 Å². The van der Waals surface area contributed by atoms with Crippen LogP contribution in [0.3, 0.4) is 0 Å². The molecule has 0 heterocycles. The molecule has 0 rings (SSSR count). The fourth-order valence-electron chi connectivity index (χ4n) is 0.733. The van der Waals surface area contributed by atoms with Crippen molar-refractivity contribution in [3.63, 3.8) is 0 Å². The fourth-order valence-corrected chi connectivity index (χ4v) is 2.20. The van der Waals surface area contributed by atoms with E-state index in [1.165, 1.54) is 0 Å². The highest BCUT2D eigenvalue weighted by molar-refractivity contribution is 6.71. The maximum Gasteiger partial charge on any atom is 0.361 e. The first-order valence-electron chi connectivity index (χ1n) is 3.60. The molecule has 0 radical (unpaired) electrons. The molecule has 0 spiro atoms. The largest absolute Gasteiger partial charge is 0.392 e. The van der Waals surface area contributed by atoms with Crippen LogP contribution in [-0.2, 0) is 8.85 Å². The molecular formula is C7H20O2Si2. The van der Waals surface area contributed by atoms with Gasteiger partial charge in [-0.25, -0.2) is 0 Å². The lowest BCUT2D eigenvalue weighted by Crippen LogP contribution is -2.36. The van der Waals surface area contributed by atoms with Gasteiger partial charge in [0.15, 0.2) is 0 Å². The first-order valence-corrected chi connectivity index (χ1v) is 5.99. The smallest absolute Gasteiger partial charge is 0.361 e. The highest BCUT2D eigenvalue weighted by atomic mass is 28.4. The molecule has 11 heavy (non-hydrogen) atoms. The summed E-state index contributed by atoms with van der Waals surface area (Å²) in [6.45, 7) is 11.0. The Hall–Kier alpha value is 0.0938. The highest BCUT2D eigenvalue weighted by Crippen LogP contribution is 2.06. The number of hydrogen-bond donors (Lipinski definition) is 0. The van der Waals surface area contributed by atoms with Crippen LogP contribution in [0.2, 0.25) is 6.55 Å².